The number of hydrogen-bond acceptors (Lipinski definition) is 4. The van der Waals surface area contributed by atoms with Gasteiger partial charge in [0.15, 0.2) is 5.82 Å². The number of fused-ring (bicyclic) bond motifs is 1. The monoisotopic (exact) mass is 296 g/mol. The number of methoxy groups -OCH3 is 1. The van der Waals surface area contributed by atoms with Gasteiger partial charge in [-0.25, -0.2) is 9.97 Å². The molecule has 1 aliphatic carbocycles. The normalized spacial score (nSPS) is 18.3. The predicted molar refractivity (Wildman–Crippen MR) is 79.0 cm³/mol. The fraction of sp³-hybridized carbons (Fsp3) is 0.571. The molecule has 3 rings (SSSR count). The average Bonchev–Trinajstić information content (AvgIpc) is 3.05. The van der Waals surface area contributed by atoms with Gasteiger partial charge in [0.2, 0.25) is 0 Å². The smallest absolute Gasteiger partial charge is 0.163 e. The van der Waals surface area contributed by atoms with Gasteiger partial charge in [0.05, 0.1) is 0 Å². The summed E-state index contributed by atoms with van der Waals surface area (Å²) >= 11 is 8.03. The van der Waals surface area contributed by atoms with Crippen LogP contribution in [0.2, 0.25) is 5.15 Å². The van der Waals surface area contributed by atoms with Crippen LogP contribution in [0.1, 0.15) is 43.3 Å². The largest absolute Gasteiger partial charge is 0.370 e. The minimum Gasteiger partial charge on any atom is -0.370 e. The van der Waals surface area contributed by atoms with Crippen LogP contribution in [-0.4, -0.2) is 17.1 Å². The molecule has 102 valence electrons. The van der Waals surface area contributed by atoms with Crippen LogP contribution in [0.4, 0.5) is 0 Å². The van der Waals surface area contributed by atoms with E-state index in [1.54, 1.807) is 18.4 Å². The first-order valence-electron chi connectivity index (χ1n) is 6.70. The lowest BCUT2D eigenvalue weighted by molar-refractivity contribution is -0.0159. The molecule has 0 saturated heterocycles. The van der Waals surface area contributed by atoms with Gasteiger partial charge in [0, 0.05) is 17.4 Å². The molecule has 0 atom stereocenters. The van der Waals surface area contributed by atoms with Crippen molar-refractivity contribution >= 4 is 33.2 Å². The number of ether oxygens (including phenoxy) is 1. The van der Waals surface area contributed by atoms with Gasteiger partial charge >= 0.3 is 0 Å². The lowest BCUT2D eigenvalue weighted by Crippen LogP contribution is -2.27. The van der Waals surface area contributed by atoms with Gasteiger partial charge in [-0.15, -0.1) is 11.3 Å². The number of thiophene rings is 1. The Morgan fingerprint density at radius 2 is 2.11 bits per heavy atom. The second kappa shape index (κ2) is 5.00. The molecule has 0 unspecified atom stereocenters. The molecule has 0 radical (unpaired) electrons. The summed E-state index contributed by atoms with van der Waals surface area (Å²) in [7, 11) is 1.75. The Balaban J connectivity index is 2.14. The standard InChI is InChI=1S/C14H17ClN2OS/c1-3-9-8-10-11(15)16-13(17-12(10)19-9)14(18-2)6-4-5-7-14/h8H,3-7H2,1-2H3. The van der Waals surface area contributed by atoms with E-state index >= 15 is 0 Å². The van der Waals surface area contributed by atoms with Crippen molar-refractivity contribution in [3.05, 3.63) is 21.9 Å². The van der Waals surface area contributed by atoms with Gasteiger partial charge < -0.3 is 4.74 Å². The van der Waals surface area contributed by atoms with Crippen molar-refractivity contribution in [2.24, 2.45) is 0 Å². The summed E-state index contributed by atoms with van der Waals surface area (Å²) in [5.41, 5.74) is -0.325. The van der Waals surface area contributed by atoms with Crippen LogP contribution in [0.15, 0.2) is 6.07 Å². The highest BCUT2D eigenvalue weighted by Gasteiger charge is 2.39. The second-order valence-corrected chi connectivity index (χ2v) is 6.50. The Hall–Kier alpha value is -0.710. The zero-order valence-electron chi connectivity index (χ0n) is 11.2. The molecule has 0 aromatic carbocycles. The number of hydrogen-bond donors (Lipinski definition) is 0. The van der Waals surface area contributed by atoms with Crippen LogP contribution in [0, 0.1) is 0 Å². The molecule has 3 nitrogen and oxygen atoms in total. The highest BCUT2D eigenvalue weighted by Crippen LogP contribution is 2.41. The summed E-state index contributed by atoms with van der Waals surface area (Å²) in [4.78, 5) is 11.5. The number of halogens is 1. The van der Waals surface area contributed by atoms with Gasteiger partial charge in [0.1, 0.15) is 15.6 Å². The van der Waals surface area contributed by atoms with E-state index in [0.717, 1.165) is 48.1 Å². The summed E-state index contributed by atoms with van der Waals surface area (Å²) in [6.45, 7) is 2.14. The molecule has 0 amide bonds. The quantitative estimate of drug-likeness (QED) is 0.791. The minimum atomic E-state index is -0.325. The molecule has 0 N–H and O–H groups in total. The highest BCUT2D eigenvalue weighted by atomic mass is 35.5. The van der Waals surface area contributed by atoms with Crippen LogP contribution in [0.3, 0.4) is 0 Å². The van der Waals surface area contributed by atoms with Crippen LogP contribution in [0.25, 0.3) is 10.2 Å². The van der Waals surface area contributed by atoms with Crippen molar-refractivity contribution in [2.45, 2.75) is 44.6 Å². The Labute approximate surface area is 122 Å². The maximum Gasteiger partial charge on any atom is 0.163 e. The lowest BCUT2D eigenvalue weighted by Gasteiger charge is -2.25. The molecule has 0 bridgehead atoms. The molecule has 2 heterocycles. The fourth-order valence-corrected chi connectivity index (χ4v) is 4.03. The third-order valence-electron chi connectivity index (χ3n) is 3.96. The van der Waals surface area contributed by atoms with Crippen molar-refractivity contribution in [2.75, 3.05) is 7.11 Å². The topological polar surface area (TPSA) is 35.0 Å². The summed E-state index contributed by atoms with van der Waals surface area (Å²) in [5, 5.41) is 1.52. The van der Waals surface area contributed by atoms with Gasteiger partial charge in [-0.3, -0.25) is 0 Å². The van der Waals surface area contributed by atoms with Crippen LogP contribution in [0.5, 0.6) is 0 Å². The van der Waals surface area contributed by atoms with Gasteiger partial charge in [-0.1, -0.05) is 18.5 Å². The summed E-state index contributed by atoms with van der Waals surface area (Å²) in [6.07, 6.45) is 5.30. The molecule has 2 aromatic rings. The summed E-state index contributed by atoms with van der Waals surface area (Å²) < 4.78 is 5.74. The van der Waals surface area contributed by atoms with E-state index in [9.17, 15) is 0 Å². The Morgan fingerprint density at radius 1 is 1.37 bits per heavy atom. The lowest BCUT2D eigenvalue weighted by atomic mass is 10.0. The zero-order chi connectivity index (χ0) is 13.5. The molecule has 5 heteroatoms. The molecule has 1 saturated carbocycles. The first-order valence-corrected chi connectivity index (χ1v) is 7.89. The SMILES string of the molecule is CCc1cc2c(Cl)nc(C3(OC)CCCC3)nc2s1. The second-order valence-electron chi connectivity index (χ2n) is 5.03. The van der Waals surface area contributed by atoms with Crippen molar-refractivity contribution in [3.63, 3.8) is 0 Å². The molecular weight excluding hydrogens is 280 g/mol. The number of aryl methyl sites for hydroxylation is 1. The van der Waals surface area contributed by atoms with E-state index < -0.39 is 0 Å². The number of nitrogens with zero attached hydrogens (tertiary/aromatic N) is 2. The third-order valence-corrected chi connectivity index (χ3v) is 5.42. The molecule has 2 aromatic heterocycles. The van der Waals surface area contributed by atoms with Crippen molar-refractivity contribution in [3.8, 4) is 0 Å². The Kier molecular flexibility index (Phi) is 3.50. The Morgan fingerprint density at radius 3 is 2.74 bits per heavy atom. The van der Waals surface area contributed by atoms with E-state index in [2.05, 4.69) is 18.0 Å². The summed E-state index contributed by atoms with van der Waals surface area (Å²) in [5.74, 6) is 0.759. The molecule has 0 spiro atoms. The van der Waals surface area contributed by atoms with Crippen LogP contribution in [-0.2, 0) is 16.8 Å². The first kappa shape index (κ1) is 13.3. The van der Waals surface area contributed by atoms with Crippen molar-refractivity contribution < 1.29 is 4.74 Å². The van der Waals surface area contributed by atoms with Crippen LogP contribution < -0.4 is 0 Å². The van der Waals surface area contributed by atoms with Gasteiger partial charge in [-0.2, -0.15) is 0 Å². The molecule has 0 aliphatic heterocycles. The number of aromatic nitrogens is 2. The van der Waals surface area contributed by atoms with Crippen molar-refractivity contribution in [1.29, 1.82) is 0 Å². The molecule has 1 aliphatic rings. The van der Waals surface area contributed by atoms with E-state index in [4.69, 9.17) is 21.3 Å². The van der Waals surface area contributed by atoms with Crippen molar-refractivity contribution in [1.82, 2.24) is 9.97 Å². The third kappa shape index (κ3) is 2.16. The molecule has 1 fully saturated rings. The molecular formula is C14H17ClN2OS. The van der Waals surface area contributed by atoms with E-state index in [1.807, 2.05) is 0 Å². The van der Waals surface area contributed by atoms with Gasteiger partial charge in [-0.05, 0) is 38.2 Å². The van der Waals surface area contributed by atoms with E-state index in [1.165, 1.54) is 4.88 Å². The fourth-order valence-electron chi connectivity index (χ4n) is 2.78. The van der Waals surface area contributed by atoms with E-state index in [-0.39, 0.29) is 5.60 Å². The highest BCUT2D eigenvalue weighted by molar-refractivity contribution is 7.18. The van der Waals surface area contributed by atoms with Gasteiger partial charge in [0.25, 0.3) is 0 Å². The maximum absolute atomic E-state index is 6.33. The zero-order valence-corrected chi connectivity index (χ0v) is 12.8. The van der Waals surface area contributed by atoms with E-state index in [0.29, 0.717) is 5.15 Å². The Bertz CT molecular complexity index is 605. The first-order chi connectivity index (χ1) is 9.18. The maximum atomic E-state index is 6.33. The predicted octanol–water partition coefficient (Wildman–Crippen LogP) is 4.32. The van der Waals surface area contributed by atoms with Crippen LogP contribution >= 0.6 is 22.9 Å². The summed E-state index contributed by atoms with van der Waals surface area (Å²) in [6, 6.07) is 2.10. The number of rotatable bonds is 3. The minimum absolute atomic E-state index is 0.325. The average molecular weight is 297 g/mol. The molecule has 19 heavy (non-hydrogen) atoms.